The van der Waals surface area contributed by atoms with Crippen LogP contribution in [-0.4, -0.2) is 51.4 Å². The van der Waals surface area contributed by atoms with Crippen molar-refractivity contribution in [1.29, 1.82) is 0 Å². The molecule has 2 aromatic rings. The number of sulfonamides is 1. The van der Waals surface area contributed by atoms with E-state index in [1.54, 1.807) is 0 Å². The first-order valence-corrected chi connectivity index (χ1v) is 14.9. The van der Waals surface area contributed by atoms with Gasteiger partial charge in [0, 0.05) is 11.1 Å². The minimum absolute atomic E-state index is 0.0249. The Hall–Kier alpha value is -3.26. The summed E-state index contributed by atoms with van der Waals surface area (Å²) in [6.07, 6.45) is -3.77. The monoisotopic (exact) mass is 635 g/mol. The fourth-order valence-corrected chi connectivity index (χ4v) is 6.49. The Morgan fingerprint density at radius 2 is 1.81 bits per heavy atom. The summed E-state index contributed by atoms with van der Waals surface area (Å²) in [5.74, 6) is -0.946. The van der Waals surface area contributed by atoms with Gasteiger partial charge >= 0.3 is 12.3 Å². The molecular formula is C27H30ClF4N3O6S. The van der Waals surface area contributed by atoms with Crippen LogP contribution in [0, 0.1) is 11.2 Å². The van der Waals surface area contributed by atoms with Gasteiger partial charge in [-0.05, 0) is 63.1 Å². The molecule has 2 N–H and O–H groups in total. The number of fused-ring (bicyclic) bond motifs is 1. The molecule has 2 aromatic carbocycles. The number of hydrogen-bond acceptors (Lipinski definition) is 6. The number of carbonyl (C=O) groups is 2. The number of alkyl halides is 3. The van der Waals surface area contributed by atoms with E-state index in [9.17, 15) is 35.6 Å². The van der Waals surface area contributed by atoms with E-state index in [4.69, 9.17) is 16.3 Å². The van der Waals surface area contributed by atoms with Crippen molar-refractivity contribution in [3.63, 3.8) is 0 Å². The molecule has 42 heavy (non-hydrogen) atoms. The molecule has 9 nitrogen and oxygen atoms in total. The van der Waals surface area contributed by atoms with Gasteiger partial charge in [-0.1, -0.05) is 31.4 Å². The number of ether oxygens (including phenoxy) is 2. The standard InChI is InChI=1S/C27H30ClF4N3O6S/c1-25(2,27(30,31)32)41-24(37)34-16-6-9-22-21(12-16)35(42(38,39)18-7-8-20(29)19(28)13-18)15-17(40-22)14-33-23(36)26(3)10-4-5-11-26/h6-9,12-13,17H,4-5,10-11,14-15H2,1-3H3,(H,33,36)(H,34,37). The molecule has 4 rings (SSSR count). The lowest BCUT2D eigenvalue weighted by molar-refractivity contribution is -0.242. The Balaban J connectivity index is 1.63. The number of benzene rings is 2. The third kappa shape index (κ3) is 6.54. The minimum atomic E-state index is -4.84. The quantitative estimate of drug-likeness (QED) is 0.360. The molecular weight excluding hydrogens is 606 g/mol. The van der Waals surface area contributed by atoms with Crippen LogP contribution < -0.4 is 19.7 Å². The largest absolute Gasteiger partial charge is 0.484 e. The molecule has 0 radical (unpaired) electrons. The summed E-state index contributed by atoms with van der Waals surface area (Å²) in [5.41, 5.74) is -3.47. The molecule has 0 saturated heterocycles. The molecule has 1 aliphatic carbocycles. The first kappa shape index (κ1) is 31.7. The van der Waals surface area contributed by atoms with Gasteiger partial charge in [-0.3, -0.25) is 14.4 Å². The molecule has 0 bridgehead atoms. The number of nitrogens with one attached hydrogen (secondary N) is 2. The minimum Gasteiger partial charge on any atom is -0.484 e. The van der Waals surface area contributed by atoms with Crippen molar-refractivity contribution in [3.8, 4) is 5.75 Å². The fourth-order valence-electron chi connectivity index (χ4n) is 4.72. The van der Waals surface area contributed by atoms with Crippen molar-refractivity contribution >= 4 is 45.0 Å². The zero-order chi connectivity index (χ0) is 31.1. The first-order valence-electron chi connectivity index (χ1n) is 13.1. The smallest absolute Gasteiger partial charge is 0.427 e. The topological polar surface area (TPSA) is 114 Å². The predicted octanol–water partition coefficient (Wildman–Crippen LogP) is 6.02. The number of anilines is 2. The lowest BCUT2D eigenvalue weighted by atomic mass is 9.88. The molecule has 15 heteroatoms. The number of amides is 2. The second-order valence-electron chi connectivity index (χ2n) is 11.0. The highest BCUT2D eigenvalue weighted by molar-refractivity contribution is 7.92. The highest BCUT2D eigenvalue weighted by Crippen LogP contribution is 2.41. The molecule has 1 fully saturated rings. The Kier molecular flexibility index (Phi) is 8.62. The van der Waals surface area contributed by atoms with Crippen LogP contribution in [0.5, 0.6) is 5.75 Å². The number of carbonyl (C=O) groups excluding carboxylic acids is 2. The summed E-state index contributed by atoms with van der Waals surface area (Å²) in [4.78, 5) is 24.8. The van der Waals surface area contributed by atoms with Gasteiger partial charge in [0.2, 0.25) is 11.5 Å². The number of hydrogen-bond donors (Lipinski definition) is 2. The van der Waals surface area contributed by atoms with E-state index in [2.05, 4.69) is 15.4 Å². The van der Waals surface area contributed by atoms with Gasteiger partial charge in [0.05, 0.1) is 28.7 Å². The van der Waals surface area contributed by atoms with Crippen LogP contribution in [0.3, 0.4) is 0 Å². The Labute approximate surface area is 245 Å². The number of nitrogens with zero attached hydrogens (tertiary/aromatic N) is 1. The second-order valence-corrected chi connectivity index (χ2v) is 13.3. The third-order valence-electron chi connectivity index (χ3n) is 7.39. The van der Waals surface area contributed by atoms with E-state index in [1.165, 1.54) is 18.2 Å². The van der Waals surface area contributed by atoms with Crippen LogP contribution in [0.4, 0.5) is 33.7 Å². The maximum absolute atomic E-state index is 13.8. The van der Waals surface area contributed by atoms with Crippen molar-refractivity contribution < 1.29 is 45.0 Å². The molecule has 230 valence electrons. The van der Waals surface area contributed by atoms with Crippen molar-refractivity contribution in [2.45, 2.75) is 69.2 Å². The van der Waals surface area contributed by atoms with Gasteiger partial charge in [-0.15, -0.1) is 0 Å². The summed E-state index contributed by atoms with van der Waals surface area (Å²) < 4.78 is 92.2. The normalized spacial score (nSPS) is 18.6. The van der Waals surface area contributed by atoms with Crippen LogP contribution in [0.15, 0.2) is 41.3 Å². The molecule has 1 atom stereocenters. The fraction of sp³-hybridized carbons (Fsp3) is 0.481. The van der Waals surface area contributed by atoms with Crippen LogP contribution in [0.2, 0.25) is 5.02 Å². The van der Waals surface area contributed by atoms with Crippen molar-refractivity contribution in [3.05, 3.63) is 47.2 Å². The van der Waals surface area contributed by atoms with Crippen LogP contribution in [0.1, 0.15) is 46.5 Å². The SMILES string of the molecule is CC1(C(=O)NCC2CN(S(=O)(=O)c3ccc(F)c(Cl)c3)c3cc(NC(=O)OC(C)(C)C(F)(F)F)ccc3O2)CCCC1. The van der Waals surface area contributed by atoms with E-state index >= 15 is 0 Å². The second kappa shape index (κ2) is 11.4. The highest BCUT2D eigenvalue weighted by atomic mass is 35.5. The zero-order valence-electron chi connectivity index (χ0n) is 23.0. The van der Waals surface area contributed by atoms with Crippen molar-refractivity contribution in [2.75, 3.05) is 22.7 Å². The van der Waals surface area contributed by atoms with E-state index in [0.29, 0.717) is 13.8 Å². The highest BCUT2D eigenvalue weighted by Gasteiger charge is 2.51. The summed E-state index contributed by atoms with van der Waals surface area (Å²) in [5, 5.41) is 4.59. The molecule has 2 amide bonds. The Bertz CT molecular complexity index is 1480. The summed E-state index contributed by atoms with van der Waals surface area (Å²) in [6.45, 7) is 2.92. The summed E-state index contributed by atoms with van der Waals surface area (Å²) in [7, 11) is -4.41. The maximum atomic E-state index is 13.8. The molecule has 1 unspecified atom stereocenters. The number of rotatable bonds is 7. The molecule has 1 saturated carbocycles. The first-order chi connectivity index (χ1) is 19.4. The van der Waals surface area contributed by atoms with E-state index in [-0.39, 0.29) is 41.0 Å². The lowest BCUT2D eigenvalue weighted by Crippen LogP contribution is -2.50. The van der Waals surface area contributed by atoms with Crippen molar-refractivity contribution in [1.82, 2.24) is 5.32 Å². The van der Waals surface area contributed by atoms with Crippen LogP contribution in [0.25, 0.3) is 0 Å². The average molecular weight is 636 g/mol. The molecule has 0 aromatic heterocycles. The molecule has 1 aliphatic heterocycles. The van der Waals surface area contributed by atoms with Gasteiger partial charge in [-0.25, -0.2) is 17.6 Å². The van der Waals surface area contributed by atoms with Gasteiger partial charge in [0.25, 0.3) is 10.0 Å². The van der Waals surface area contributed by atoms with Crippen LogP contribution in [-0.2, 0) is 19.6 Å². The average Bonchev–Trinajstić information content (AvgIpc) is 3.35. The predicted molar refractivity (Wildman–Crippen MR) is 147 cm³/mol. The van der Waals surface area contributed by atoms with E-state index in [1.807, 2.05) is 6.92 Å². The van der Waals surface area contributed by atoms with E-state index in [0.717, 1.165) is 48.2 Å². The Morgan fingerprint density at radius 3 is 2.43 bits per heavy atom. The zero-order valence-corrected chi connectivity index (χ0v) is 24.6. The van der Waals surface area contributed by atoms with Crippen LogP contribution >= 0.6 is 11.6 Å². The van der Waals surface area contributed by atoms with E-state index < -0.39 is 50.3 Å². The molecule has 2 aliphatic rings. The lowest BCUT2D eigenvalue weighted by Gasteiger charge is -2.36. The Morgan fingerprint density at radius 1 is 1.14 bits per heavy atom. The number of halogens is 5. The third-order valence-corrected chi connectivity index (χ3v) is 9.46. The summed E-state index contributed by atoms with van der Waals surface area (Å²) >= 11 is 5.84. The van der Waals surface area contributed by atoms with Gasteiger partial charge < -0.3 is 14.8 Å². The van der Waals surface area contributed by atoms with Crippen molar-refractivity contribution in [2.24, 2.45) is 5.41 Å². The molecule has 0 spiro atoms. The summed E-state index contributed by atoms with van der Waals surface area (Å²) in [6, 6.07) is 6.67. The van der Waals surface area contributed by atoms with Gasteiger partial charge in [0.15, 0.2) is 0 Å². The molecule has 1 heterocycles. The van der Waals surface area contributed by atoms with Gasteiger partial charge in [0.1, 0.15) is 17.7 Å². The van der Waals surface area contributed by atoms with Gasteiger partial charge in [-0.2, -0.15) is 13.2 Å². The maximum Gasteiger partial charge on any atom is 0.427 e.